The number of nitrogens with zero attached hydrogens (tertiary/aromatic N) is 1. The average molecular weight is 301 g/mol. The molecule has 0 aliphatic rings. The van der Waals surface area contributed by atoms with Crippen molar-refractivity contribution in [2.45, 2.75) is 26.3 Å². The van der Waals surface area contributed by atoms with Gasteiger partial charge in [-0.3, -0.25) is 9.89 Å². The molecule has 1 aromatic carbocycles. The smallest absolute Gasteiger partial charge is 0.242 e. The maximum atomic E-state index is 13.7. The lowest BCUT2D eigenvalue weighted by molar-refractivity contribution is -0.118. The molecule has 2 rings (SSSR count). The van der Waals surface area contributed by atoms with E-state index in [9.17, 15) is 9.18 Å². The molecule has 2 unspecified atom stereocenters. The van der Waals surface area contributed by atoms with Gasteiger partial charge in [0.2, 0.25) is 5.91 Å². The van der Waals surface area contributed by atoms with Gasteiger partial charge in [-0.25, -0.2) is 4.39 Å². The Morgan fingerprint density at radius 3 is 2.90 bits per heavy atom. The van der Waals surface area contributed by atoms with Crippen molar-refractivity contribution in [3.8, 4) is 0 Å². The zero-order valence-corrected chi connectivity index (χ0v) is 12.1. The fourth-order valence-electron chi connectivity index (χ4n) is 1.83. The largest absolute Gasteiger partial charge is 0.320 e. The number of halogens is 2. The van der Waals surface area contributed by atoms with Crippen molar-refractivity contribution in [3.05, 3.63) is 24.0 Å². The van der Waals surface area contributed by atoms with Gasteiger partial charge in [-0.2, -0.15) is 5.10 Å². The maximum Gasteiger partial charge on any atom is 0.242 e. The molecule has 0 aliphatic carbocycles. The Hall–Kier alpha value is -1.66. The molecular formula is C13H18ClFN4O. The number of aromatic amines is 1. The van der Waals surface area contributed by atoms with Crippen LogP contribution in [0.2, 0.25) is 0 Å². The third kappa shape index (κ3) is 3.08. The Morgan fingerprint density at radius 2 is 2.25 bits per heavy atom. The summed E-state index contributed by atoms with van der Waals surface area (Å²) >= 11 is 0. The second-order valence-electron chi connectivity index (χ2n) is 4.64. The zero-order chi connectivity index (χ0) is 14.0. The van der Waals surface area contributed by atoms with E-state index in [0.717, 1.165) is 6.42 Å². The standard InChI is InChI=1S/C13H17FN4O.ClH/c1-3-7(2)11(15)13(19)16-12-10-8(14)5-4-6-9(10)17-18-12;/h4-7,11H,3,15H2,1-2H3,(H2,16,17,18,19);1H. The number of fused-ring (bicyclic) bond motifs is 1. The van der Waals surface area contributed by atoms with Crippen LogP contribution in [0.3, 0.4) is 0 Å². The number of carbonyl (C=O) groups is 1. The highest BCUT2D eigenvalue weighted by molar-refractivity contribution is 6.01. The lowest BCUT2D eigenvalue weighted by Crippen LogP contribution is -2.40. The molecule has 2 atom stereocenters. The third-order valence-electron chi connectivity index (χ3n) is 3.34. The van der Waals surface area contributed by atoms with Gasteiger partial charge >= 0.3 is 0 Å². The highest BCUT2D eigenvalue weighted by atomic mass is 35.5. The minimum absolute atomic E-state index is 0. The van der Waals surface area contributed by atoms with E-state index in [-0.39, 0.29) is 35.4 Å². The van der Waals surface area contributed by atoms with Crippen molar-refractivity contribution in [1.82, 2.24) is 10.2 Å². The number of hydrogen-bond donors (Lipinski definition) is 3. The molecule has 0 saturated heterocycles. The number of amides is 1. The summed E-state index contributed by atoms with van der Waals surface area (Å²) in [5.74, 6) is -0.559. The van der Waals surface area contributed by atoms with Crippen LogP contribution in [-0.4, -0.2) is 22.1 Å². The van der Waals surface area contributed by atoms with E-state index in [2.05, 4.69) is 15.5 Å². The number of hydrogen-bond acceptors (Lipinski definition) is 3. The van der Waals surface area contributed by atoms with Crippen LogP contribution in [0, 0.1) is 11.7 Å². The Kier molecular flexibility index (Phi) is 5.47. The van der Waals surface area contributed by atoms with Gasteiger partial charge in [-0.1, -0.05) is 26.3 Å². The lowest BCUT2D eigenvalue weighted by Gasteiger charge is -2.16. The predicted octanol–water partition coefficient (Wildman–Crippen LogP) is 2.44. The molecule has 0 aliphatic heterocycles. The predicted molar refractivity (Wildman–Crippen MR) is 79.4 cm³/mol. The summed E-state index contributed by atoms with van der Waals surface area (Å²) in [5, 5.41) is 9.43. The molecular weight excluding hydrogens is 283 g/mol. The molecule has 4 N–H and O–H groups in total. The summed E-state index contributed by atoms with van der Waals surface area (Å²) < 4.78 is 13.7. The maximum absolute atomic E-state index is 13.7. The van der Waals surface area contributed by atoms with Crippen LogP contribution in [0.25, 0.3) is 10.9 Å². The van der Waals surface area contributed by atoms with Gasteiger partial charge in [0.15, 0.2) is 5.82 Å². The second-order valence-corrected chi connectivity index (χ2v) is 4.64. The molecule has 0 bridgehead atoms. The molecule has 7 heteroatoms. The van der Waals surface area contributed by atoms with E-state index in [1.165, 1.54) is 6.07 Å². The molecule has 0 spiro atoms. The highest BCUT2D eigenvalue weighted by Crippen LogP contribution is 2.23. The van der Waals surface area contributed by atoms with Crippen molar-refractivity contribution in [1.29, 1.82) is 0 Å². The Balaban J connectivity index is 0.00000200. The topological polar surface area (TPSA) is 83.8 Å². The minimum Gasteiger partial charge on any atom is -0.320 e. The summed E-state index contributed by atoms with van der Waals surface area (Å²) in [7, 11) is 0. The van der Waals surface area contributed by atoms with E-state index < -0.39 is 11.9 Å². The van der Waals surface area contributed by atoms with Crippen LogP contribution in [0.15, 0.2) is 18.2 Å². The first kappa shape index (κ1) is 16.4. The van der Waals surface area contributed by atoms with Gasteiger partial charge < -0.3 is 11.1 Å². The number of H-pyrrole nitrogens is 1. The van der Waals surface area contributed by atoms with E-state index in [4.69, 9.17) is 5.73 Å². The van der Waals surface area contributed by atoms with Gasteiger partial charge in [0, 0.05) is 0 Å². The van der Waals surface area contributed by atoms with E-state index in [1.807, 2.05) is 13.8 Å². The Morgan fingerprint density at radius 1 is 1.55 bits per heavy atom. The van der Waals surface area contributed by atoms with Crippen molar-refractivity contribution in [2.75, 3.05) is 5.32 Å². The van der Waals surface area contributed by atoms with E-state index in [0.29, 0.717) is 5.52 Å². The summed E-state index contributed by atoms with van der Waals surface area (Å²) in [5.41, 5.74) is 6.36. The fraction of sp³-hybridized carbons (Fsp3) is 0.385. The zero-order valence-electron chi connectivity index (χ0n) is 11.3. The van der Waals surface area contributed by atoms with Gasteiger partial charge in [0.05, 0.1) is 16.9 Å². The van der Waals surface area contributed by atoms with Crippen LogP contribution in [0.4, 0.5) is 10.2 Å². The van der Waals surface area contributed by atoms with Crippen molar-refractivity contribution in [3.63, 3.8) is 0 Å². The highest BCUT2D eigenvalue weighted by Gasteiger charge is 2.21. The number of nitrogens with two attached hydrogens (primary N) is 1. The summed E-state index contributed by atoms with van der Waals surface area (Å²) in [6.07, 6.45) is 0.796. The lowest BCUT2D eigenvalue weighted by atomic mass is 9.99. The first-order valence-electron chi connectivity index (χ1n) is 6.23. The van der Waals surface area contributed by atoms with E-state index >= 15 is 0 Å². The molecule has 1 amide bonds. The number of nitrogens with one attached hydrogen (secondary N) is 2. The summed E-state index contributed by atoms with van der Waals surface area (Å²) in [4.78, 5) is 12.0. The average Bonchev–Trinajstić information content (AvgIpc) is 2.81. The molecule has 20 heavy (non-hydrogen) atoms. The van der Waals surface area contributed by atoms with Crippen LogP contribution in [-0.2, 0) is 4.79 Å². The summed E-state index contributed by atoms with van der Waals surface area (Å²) in [6.45, 7) is 3.86. The number of rotatable bonds is 4. The second kappa shape index (κ2) is 6.67. The van der Waals surface area contributed by atoms with Gasteiger partial charge in [-0.15, -0.1) is 12.4 Å². The van der Waals surface area contributed by atoms with Gasteiger partial charge in [0.25, 0.3) is 0 Å². The number of anilines is 1. The summed E-state index contributed by atoms with van der Waals surface area (Å²) in [6, 6.07) is 3.95. The van der Waals surface area contributed by atoms with Crippen molar-refractivity contribution >= 4 is 35.0 Å². The molecule has 0 fully saturated rings. The minimum atomic E-state index is -0.636. The van der Waals surface area contributed by atoms with Crippen LogP contribution in [0.5, 0.6) is 0 Å². The number of aromatic nitrogens is 2. The molecule has 1 aromatic heterocycles. The number of carbonyl (C=O) groups excluding carboxylic acids is 1. The first-order valence-corrected chi connectivity index (χ1v) is 6.23. The van der Waals surface area contributed by atoms with Crippen LogP contribution < -0.4 is 11.1 Å². The number of benzene rings is 1. The van der Waals surface area contributed by atoms with Crippen molar-refractivity contribution in [2.24, 2.45) is 11.7 Å². The normalized spacial score (nSPS) is 13.6. The molecule has 1 heterocycles. The van der Waals surface area contributed by atoms with Crippen LogP contribution >= 0.6 is 12.4 Å². The quantitative estimate of drug-likeness (QED) is 0.811. The van der Waals surface area contributed by atoms with Gasteiger partial charge in [0.1, 0.15) is 5.82 Å². The third-order valence-corrected chi connectivity index (χ3v) is 3.34. The first-order chi connectivity index (χ1) is 9.04. The van der Waals surface area contributed by atoms with Crippen LogP contribution in [0.1, 0.15) is 20.3 Å². The fourth-order valence-corrected chi connectivity index (χ4v) is 1.83. The SMILES string of the molecule is CCC(C)C(N)C(=O)Nc1n[nH]c2cccc(F)c12.Cl. The Labute approximate surface area is 122 Å². The monoisotopic (exact) mass is 300 g/mol. The molecule has 110 valence electrons. The van der Waals surface area contributed by atoms with Crippen molar-refractivity contribution < 1.29 is 9.18 Å². The molecule has 2 aromatic rings. The molecule has 0 radical (unpaired) electrons. The van der Waals surface area contributed by atoms with Gasteiger partial charge in [-0.05, 0) is 18.1 Å². The Bertz CT molecular complexity index is 601. The van der Waals surface area contributed by atoms with E-state index in [1.54, 1.807) is 12.1 Å². The molecule has 5 nitrogen and oxygen atoms in total. The molecule has 0 saturated carbocycles.